The van der Waals surface area contributed by atoms with Crippen molar-refractivity contribution in [2.24, 2.45) is 0 Å². The fourth-order valence-corrected chi connectivity index (χ4v) is 2.00. The normalized spacial score (nSPS) is 10.8. The molecule has 0 spiro atoms. The summed E-state index contributed by atoms with van der Waals surface area (Å²) in [4.78, 5) is 10.6. The van der Waals surface area contributed by atoms with Crippen LogP contribution in [0, 0.1) is 6.92 Å². The van der Waals surface area contributed by atoms with Crippen LogP contribution in [-0.4, -0.2) is 17.0 Å². The van der Waals surface area contributed by atoms with Crippen molar-refractivity contribution >= 4 is 16.9 Å². The topological polar surface area (TPSA) is 42.2 Å². The van der Waals surface area contributed by atoms with E-state index in [0.717, 1.165) is 22.3 Å². The van der Waals surface area contributed by atoms with E-state index >= 15 is 0 Å². The highest BCUT2D eigenvalue weighted by Crippen LogP contribution is 2.20. The van der Waals surface area contributed by atoms with Crippen LogP contribution >= 0.6 is 0 Å². The van der Waals surface area contributed by atoms with Crippen LogP contribution in [0.15, 0.2) is 47.1 Å². The van der Waals surface area contributed by atoms with Gasteiger partial charge in [0.25, 0.3) is 0 Å². The number of hydrogen-bond acceptors (Lipinski definition) is 4. The van der Waals surface area contributed by atoms with Gasteiger partial charge in [-0.05, 0) is 24.6 Å². The molecule has 0 aliphatic heterocycles. The summed E-state index contributed by atoms with van der Waals surface area (Å²) in [7, 11) is 1.96. The summed E-state index contributed by atoms with van der Waals surface area (Å²) in [5, 5.41) is 1.12. The van der Waals surface area contributed by atoms with Crippen LogP contribution in [0.4, 0.5) is 5.95 Å². The second-order valence-electron chi connectivity index (χ2n) is 4.67. The second kappa shape index (κ2) is 4.72. The predicted molar refractivity (Wildman–Crippen MR) is 75.1 cm³/mol. The lowest BCUT2D eigenvalue weighted by Crippen LogP contribution is -2.18. The minimum Gasteiger partial charge on any atom is -0.459 e. The smallest absolute Gasteiger partial charge is 0.225 e. The first-order valence-electron chi connectivity index (χ1n) is 6.19. The molecule has 0 unspecified atom stereocenters. The molecular weight excluding hydrogens is 238 g/mol. The van der Waals surface area contributed by atoms with Gasteiger partial charge in [-0.1, -0.05) is 18.2 Å². The number of aryl methyl sites for hydroxylation is 1. The second-order valence-corrected chi connectivity index (χ2v) is 4.67. The number of para-hydroxylation sites is 1. The van der Waals surface area contributed by atoms with E-state index < -0.39 is 0 Å². The molecule has 19 heavy (non-hydrogen) atoms. The minimum atomic E-state index is 0.651. The van der Waals surface area contributed by atoms with Crippen LogP contribution in [0.3, 0.4) is 0 Å². The first-order chi connectivity index (χ1) is 9.22. The zero-order valence-corrected chi connectivity index (χ0v) is 11.0. The van der Waals surface area contributed by atoms with Gasteiger partial charge in [0.15, 0.2) is 0 Å². The molecule has 0 radical (unpaired) electrons. The Morgan fingerprint density at radius 2 is 1.89 bits per heavy atom. The van der Waals surface area contributed by atoms with Gasteiger partial charge in [0, 0.05) is 24.8 Å². The molecule has 0 amide bonds. The average molecular weight is 253 g/mol. The summed E-state index contributed by atoms with van der Waals surface area (Å²) in [6.45, 7) is 2.63. The minimum absolute atomic E-state index is 0.651. The van der Waals surface area contributed by atoms with E-state index in [1.54, 1.807) is 0 Å². The number of hydrogen-bond donors (Lipinski definition) is 0. The van der Waals surface area contributed by atoms with E-state index in [0.29, 0.717) is 12.5 Å². The Hall–Kier alpha value is -2.36. The Bertz CT molecular complexity index is 655. The van der Waals surface area contributed by atoms with Crippen LogP contribution in [0.5, 0.6) is 0 Å². The number of anilines is 1. The van der Waals surface area contributed by atoms with Crippen LogP contribution in [0.2, 0.25) is 0 Å². The summed E-state index contributed by atoms with van der Waals surface area (Å²) in [5.41, 5.74) is 1.97. The SMILES string of the molecule is Cc1cnc(N(C)Cc2cc3ccccc3o2)nc1. The Balaban J connectivity index is 1.82. The van der Waals surface area contributed by atoms with E-state index in [4.69, 9.17) is 4.42 Å². The predicted octanol–water partition coefficient (Wildman–Crippen LogP) is 3.17. The number of nitrogens with zero attached hydrogens (tertiary/aromatic N) is 3. The number of aromatic nitrogens is 2. The summed E-state index contributed by atoms with van der Waals surface area (Å²) in [6, 6.07) is 10.1. The molecule has 4 nitrogen and oxygen atoms in total. The number of fused-ring (bicyclic) bond motifs is 1. The first-order valence-corrected chi connectivity index (χ1v) is 6.19. The van der Waals surface area contributed by atoms with Crippen molar-refractivity contribution in [1.29, 1.82) is 0 Å². The van der Waals surface area contributed by atoms with Crippen molar-refractivity contribution in [3.05, 3.63) is 54.0 Å². The molecule has 0 aliphatic carbocycles. The lowest BCUT2D eigenvalue weighted by Gasteiger charge is -2.14. The summed E-state index contributed by atoms with van der Waals surface area (Å²) >= 11 is 0. The van der Waals surface area contributed by atoms with E-state index in [-0.39, 0.29) is 0 Å². The fourth-order valence-electron chi connectivity index (χ4n) is 2.00. The number of rotatable bonds is 3. The van der Waals surface area contributed by atoms with Crippen molar-refractivity contribution in [2.45, 2.75) is 13.5 Å². The zero-order valence-electron chi connectivity index (χ0n) is 11.0. The quantitative estimate of drug-likeness (QED) is 0.719. The van der Waals surface area contributed by atoms with Gasteiger partial charge in [0.05, 0.1) is 6.54 Å². The van der Waals surface area contributed by atoms with Gasteiger partial charge in [-0.3, -0.25) is 0 Å². The standard InChI is InChI=1S/C15H15N3O/c1-11-8-16-15(17-9-11)18(2)10-13-7-12-5-3-4-6-14(12)19-13/h3-9H,10H2,1-2H3. The summed E-state index contributed by atoms with van der Waals surface area (Å²) in [5.74, 6) is 1.61. The third-order valence-corrected chi connectivity index (χ3v) is 2.98. The monoisotopic (exact) mass is 253 g/mol. The van der Waals surface area contributed by atoms with Crippen LogP contribution in [-0.2, 0) is 6.54 Å². The molecular formula is C15H15N3O. The van der Waals surface area contributed by atoms with Gasteiger partial charge in [0.2, 0.25) is 5.95 Å². The van der Waals surface area contributed by atoms with E-state index in [1.165, 1.54) is 0 Å². The Kier molecular flexibility index (Phi) is 2.91. The maximum atomic E-state index is 5.79. The molecule has 4 heteroatoms. The van der Waals surface area contributed by atoms with Crippen molar-refractivity contribution in [3.63, 3.8) is 0 Å². The van der Waals surface area contributed by atoms with Crippen molar-refractivity contribution in [3.8, 4) is 0 Å². The molecule has 2 heterocycles. The first kappa shape index (κ1) is 11.7. The van der Waals surface area contributed by atoms with Crippen molar-refractivity contribution in [2.75, 3.05) is 11.9 Å². The average Bonchev–Trinajstić information content (AvgIpc) is 2.81. The lowest BCUT2D eigenvalue weighted by molar-refractivity contribution is 0.544. The maximum absolute atomic E-state index is 5.79. The molecule has 0 fully saturated rings. The Morgan fingerprint density at radius 1 is 1.16 bits per heavy atom. The van der Waals surface area contributed by atoms with E-state index in [1.807, 2.05) is 55.5 Å². The summed E-state index contributed by atoms with van der Waals surface area (Å²) in [6.07, 6.45) is 3.63. The molecule has 96 valence electrons. The Labute approximate surface area is 111 Å². The highest BCUT2D eigenvalue weighted by atomic mass is 16.3. The third kappa shape index (κ3) is 2.42. The van der Waals surface area contributed by atoms with Crippen LogP contribution in [0.25, 0.3) is 11.0 Å². The van der Waals surface area contributed by atoms with Gasteiger partial charge in [0.1, 0.15) is 11.3 Å². The highest BCUT2D eigenvalue weighted by molar-refractivity contribution is 5.77. The molecule has 3 rings (SSSR count). The van der Waals surface area contributed by atoms with Gasteiger partial charge >= 0.3 is 0 Å². The molecule has 0 N–H and O–H groups in total. The van der Waals surface area contributed by atoms with Crippen molar-refractivity contribution in [1.82, 2.24) is 9.97 Å². The molecule has 2 aromatic heterocycles. The van der Waals surface area contributed by atoms with E-state index in [2.05, 4.69) is 16.0 Å². The largest absolute Gasteiger partial charge is 0.459 e. The maximum Gasteiger partial charge on any atom is 0.225 e. The van der Waals surface area contributed by atoms with E-state index in [9.17, 15) is 0 Å². The van der Waals surface area contributed by atoms with Gasteiger partial charge in [-0.2, -0.15) is 0 Å². The van der Waals surface area contributed by atoms with Gasteiger partial charge < -0.3 is 9.32 Å². The molecule has 0 atom stereocenters. The number of furan rings is 1. The van der Waals surface area contributed by atoms with Crippen LogP contribution < -0.4 is 4.90 Å². The lowest BCUT2D eigenvalue weighted by atomic mass is 10.2. The van der Waals surface area contributed by atoms with Crippen LogP contribution in [0.1, 0.15) is 11.3 Å². The molecule has 0 bridgehead atoms. The summed E-state index contributed by atoms with van der Waals surface area (Å²) < 4.78 is 5.79. The third-order valence-electron chi connectivity index (χ3n) is 2.98. The zero-order chi connectivity index (χ0) is 13.2. The Morgan fingerprint density at radius 3 is 2.63 bits per heavy atom. The molecule has 0 saturated heterocycles. The fraction of sp³-hybridized carbons (Fsp3) is 0.200. The molecule has 1 aromatic carbocycles. The molecule has 0 saturated carbocycles. The number of benzene rings is 1. The van der Waals surface area contributed by atoms with Gasteiger partial charge in [-0.25, -0.2) is 9.97 Å². The van der Waals surface area contributed by atoms with Crippen molar-refractivity contribution < 1.29 is 4.42 Å². The highest BCUT2D eigenvalue weighted by Gasteiger charge is 2.08. The molecule has 3 aromatic rings. The van der Waals surface area contributed by atoms with Gasteiger partial charge in [-0.15, -0.1) is 0 Å². The molecule has 0 aliphatic rings.